The van der Waals surface area contributed by atoms with Crippen molar-refractivity contribution in [2.75, 3.05) is 11.9 Å². The summed E-state index contributed by atoms with van der Waals surface area (Å²) < 4.78 is 7.30. The second-order valence-electron chi connectivity index (χ2n) is 3.98. The van der Waals surface area contributed by atoms with Gasteiger partial charge in [-0.25, -0.2) is 0 Å². The van der Waals surface area contributed by atoms with Crippen LogP contribution in [0, 0.1) is 0 Å². The molecule has 2 aromatic rings. The minimum Gasteiger partial charge on any atom is -0.480 e. The molecule has 0 saturated carbocycles. The largest absolute Gasteiger partial charge is 0.480 e. The molecule has 1 N–H and O–H groups in total. The SMILES string of the molecule is O=C1COc2ccn(Cc3ccccc3)c2N1. The lowest BCUT2D eigenvalue weighted by Crippen LogP contribution is -2.26. The predicted octanol–water partition coefficient (Wildman–Crippen LogP) is 1.87. The molecule has 0 aliphatic carbocycles. The van der Waals surface area contributed by atoms with Crippen LogP contribution in [0.15, 0.2) is 42.6 Å². The molecule has 0 spiro atoms. The van der Waals surface area contributed by atoms with Gasteiger partial charge in [0.15, 0.2) is 18.2 Å². The number of nitrogens with one attached hydrogen (secondary N) is 1. The van der Waals surface area contributed by atoms with Crippen LogP contribution in [-0.4, -0.2) is 17.1 Å². The zero-order valence-electron chi connectivity index (χ0n) is 9.22. The Morgan fingerprint density at radius 3 is 2.88 bits per heavy atom. The molecular formula is C13H12N2O2. The maximum Gasteiger partial charge on any atom is 0.263 e. The highest BCUT2D eigenvalue weighted by Crippen LogP contribution is 2.29. The van der Waals surface area contributed by atoms with Crippen molar-refractivity contribution in [3.8, 4) is 5.75 Å². The van der Waals surface area contributed by atoms with Gasteiger partial charge in [-0.15, -0.1) is 0 Å². The molecule has 2 heterocycles. The number of ether oxygens (including phenoxy) is 1. The Hall–Kier alpha value is -2.23. The van der Waals surface area contributed by atoms with Crippen molar-refractivity contribution < 1.29 is 9.53 Å². The Kier molecular flexibility index (Phi) is 2.33. The number of amides is 1. The summed E-state index contributed by atoms with van der Waals surface area (Å²) in [6.07, 6.45) is 1.92. The Labute approximate surface area is 98.8 Å². The molecule has 86 valence electrons. The lowest BCUT2D eigenvalue weighted by molar-refractivity contribution is -0.118. The van der Waals surface area contributed by atoms with Crippen LogP contribution in [0.2, 0.25) is 0 Å². The van der Waals surface area contributed by atoms with E-state index in [1.165, 1.54) is 5.56 Å². The molecule has 0 radical (unpaired) electrons. The highest BCUT2D eigenvalue weighted by molar-refractivity contribution is 5.94. The summed E-state index contributed by atoms with van der Waals surface area (Å²) in [5.74, 6) is 1.37. The summed E-state index contributed by atoms with van der Waals surface area (Å²) in [7, 11) is 0. The average molecular weight is 228 g/mol. The Bertz CT molecular complexity index is 546. The molecule has 1 aliphatic rings. The highest BCUT2D eigenvalue weighted by Gasteiger charge is 2.19. The zero-order valence-corrected chi connectivity index (χ0v) is 9.22. The quantitative estimate of drug-likeness (QED) is 0.852. The molecule has 0 bridgehead atoms. The Morgan fingerprint density at radius 1 is 1.24 bits per heavy atom. The van der Waals surface area contributed by atoms with E-state index in [-0.39, 0.29) is 12.5 Å². The van der Waals surface area contributed by atoms with Gasteiger partial charge in [-0.1, -0.05) is 30.3 Å². The van der Waals surface area contributed by atoms with Crippen molar-refractivity contribution >= 4 is 11.7 Å². The van der Waals surface area contributed by atoms with E-state index in [1.807, 2.05) is 35.0 Å². The standard InChI is InChI=1S/C13H12N2O2/c16-12-9-17-11-6-7-15(13(11)14-12)8-10-4-2-1-3-5-10/h1-7H,8-9H2,(H,14,16). The zero-order chi connectivity index (χ0) is 11.7. The summed E-state index contributed by atoms with van der Waals surface area (Å²) in [5.41, 5.74) is 1.19. The molecule has 0 saturated heterocycles. The van der Waals surface area contributed by atoms with Gasteiger partial charge in [0.1, 0.15) is 0 Å². The van der Waals surface area contributed by atoms with Crippen LogP contribution in [-0.2, 0) is 11.3 Å². The maximum atomic E-state index is 11.3. The van der Waals surface area contributed by atoms with Gasteiger partial charge in [0.2, 0.25) is 0 Å². The van der Waals surface area contributed by atoms with Gasteiger partial charge in [-0.05, 0) is 5.56 Å². The Balaban J connectivity index is 1.90. The molecule has 0 unspecified atom stereocenters. The number of hydrogen-bond acceptors (Lipinski definition) is 2. The van der Waals surface area contributed by atoms with Gasteiger partial charge in [0, 0.05) is 18.8 Å². The lowest BCUT2D eigenvalue weighted by Gasteiger charge is -2.17. The molecule has 3 rings (SSSR count). The first kappa shape index (κ1) is 9.96. The van der Waals surface area contributed by atoms with Gasteiger partial charge in [0.05, 0.1) is 0 Å². The van der Waals surface area contributed by atoms with Gasteiger partial charge >= 0.3 is 0 Å². The summed E-state index contributed by atoms with van der Waals surface area (Å²) in [5, 5.41) is 2.83. The number of aromatic nitrogens is 1. The molecule has 0 fully saturated rings. The molecule has 4 heteroatoms. The van der Waals surface area contributed by atoms with Crippen LogP contribution in [0.5, 0.6) is 5.75 Å². The minimum absolute atomic E-state index is 0.0996. The normalized spacial score (nSPS) is 13.8. The number of anilines is 1. The third-order valence-electron chi connectivity index (χ3n) is 2.74. The molecular weight excluding hydrogens is 216 g/mol. The maximum absolute atomic E-state index is 11.3. The van der Waals surface area contributed by atoms with E-state index in [9.17, 15) is 4.79 Å². The fraction of sp³-hybridized carbons (Fsp3) is 0.154. The van der Waals surface area contributed by atoms with Crippen molar-refractivity contribution in [3.63, 3.8) is 0 Å². The average Bonchev–Trinajstić information content (AvgIpc) is 2.73. The van der Waals surface area contributed by atoms with Crippen LogP contribution < -0.4 is 10.1 Å². The van der Waals surface area contributed by atoms with Gasteiger partial charge in [-0.2, -0.15) is 0 Å². The van der Waals surface area contributed by atoms with Gasteiger partial charge in [0.25, 0.3) is 5.91 Å². The molecule has 17 heavy (non-hydrogen) atoms. The van der Waals surface area contributed by atoms with Crippen molar-refractivity contribution in [2.45, 2.75) is 6.54 Å². The molecule has 4 nitrogen and oxygen atoms in total. The van der Waals surface area contributed by atoms with Crippen molar-refractivity contribution in [3.05, 3.63) is 48.2 Å². The van der Waals surface area contributed by atoms with Crippen molar-refractivity contribution in [1.82, 2.24) is 4.57 Å². The number of nitrogens with zero attached hydrogens (tertiary/aromatic N) is 1. The fourth-order valence-corrected chi connectivity index (χ4v) is 1.93. The molecule has 1 aromatic heterocycles. The predicted molar refractivity (Wildman–Crippen MR) is 64.1 cm³/mol. The van der Waals surface area contributed by atoms with Gasteiger partial charge in [-0.3, -0.25) is 4.79 Å². The van der Waals surface area contributed by atoms with Crippen LogP contribution in [0.3, 0.4) is 0 Å². The van der Waals surface area contributed by atoms with Crippen molar-refractivity contribution in [1.29, 1.82) is 0 Å². The van der Waals surface area contributed by atoms with E-state index < -0.39 is 0 Å². The van der Waals surface area contributed by atoms with Crippen LogP contribution >= 0.6 is 0 Å². The van der Waals surface area contributed by atoms with E-state index in [0.717, 1.165) is 18.1 Å². The third kappa shape index (κ3) is 1.89. The molecule has 1 aromatic carbocycles. The van der Waals surface area contributed by atoms with E-state index in [1.54, 1.807) is 0 Å². The monoisotopic (exact) mass is 228 g/mol. The van der Waals surface area contributed by atoms with E-state index in [2.05, 4.69) is 17.4 Å². The summed E-state index contributed by atoms with van der Waals surface area (Å²) >= 11 is 0. The number of rotatable bonds is 2. The summed E-state index contributed by atoms with van der Waals surface area (Å²) in [6.45, 7) is 0.822. The van der Waals surface area contributed by atoms with Crippen molar-refractivity contribution in [2.24, 2.45) is 0 Å². The lowest BCUT2D eigenvalue weighted by atomic mass is 10.2. The molecule has 1 amide bonds. The van der Waals surface area contributed by atoms with Crippen LogP contribution in [0.25, 0.3) is 0 Å². The molecule has 1 aliphatic heterocycles. The number of fused-ring (bicyclic) bond motifs is 1. The second-order valence-corrected chi connectivity index (χ2v) is 3.98. The van der Waals surface area contributed by atoms with Crippen LogP contribution in [0.1, 0.15) is 5.56 Å². The first-order valence-electron chi connectivity index (χ1n) is 5.48. The number of benzene rings is 1. The number of carbonyl (C=O) groups excluding carboxylic acids is 1. The van der Waals surface area contributed by atoms with Crippen LogP contribution in [0.4, 0.5) is 5.82 Å². The first-order chi connectivity index (χ1) is 8.33. The second kappa shape index (κ2) is 3.97. The topological polar surface area (TPSA) is 43.3 Å². The number of carbonyl (C=O) groups is 1. The van der Waals surface area contributed by atoms with E-state index in [0.29, 0.717) is 0 Å². The molecule has 0 atom stereocenters. The third-order valence-corrected chi connectivity index (χ3v) is 2.74. The highest BCUT2D eigenvalue weighted by atomic mass is 16.5. The van der Waals surface area contributed by atoms with E-state index in [4.69, 9.17) is 4.74 Å². The van der Waals surface area contributed by atoms with E-state index >= 15 is 0 Å². The summed E-state index contributed by atoms with van der Waals surface area (Å²) in [6, 6.07) is 12.0. The summed E-state index contributed by atoms with van der Waals surface area (Å²) in [4.78, 5) is 11.3. The first-order valence-corrected chi connectivity index (χ1v) is 5.48. The minimum atomic E-state index is -0.106. The number of hydrogen-bond donors (Lipinski definition) is 1. The van der Waals surface area contributed by atoms with Gasteiger partial charge < -0.3 is 14.6 Å². The fourth-order valence-electron chi connectivity index (χ4n) is 1.93. The Morgan fingerprint density at radius 2 is 2.06 bits per heavy atom. The smallest absolute Gasteiger partial charge is 0.263 e.